The molecule has 0 radical (unpaired) electrons. The Labute approximate surface area is 180 Å². The van der Waals surface area contributed by atoms with Gasteiger partial charge in [0.1, 0.15) is 23.1 Å². The van der Waals surface area contributed by atoms with E-state index in [4.69, 9.17) is 14.0 Å². The lowest BCUT2D eigenvalue weighted by molar-refractivity contribution is -0.119. The summed E-state index contributed by atoms with van der Waals surface area (Å²) in [5.41, 5.74) is 4.46. The van der Waals surface area contributed by atoms with E-state index in [1.807, 2.05) is 32.9 Å². The summed E-state index contributed by atoms with van der Waals surface area (Å²) in [5, 5.41) is 6.90. The van der Waals surface area contributed by atoms with E-state index in [2.05, 4.69) is 10.5 Å². The van der Waals surface area contributed by atoms with E-state index < -0.39 is 5.82 Å². The number of aryl methyl sites for hydroxylation is 4. The Morgan fingerprint density at radius 1 is 1.13 bits per heavy atom. The van der Waals surface area contributed by atoms with Crippen molar-refractivity contribution < 1.29 is 23.2 Å². The lowest BCUT2D eigenvalue weighted by Crippen LogP contribution is -2.22. The lowest BCUT2D eigenvalue weighted by Gasteiger charge is -2.16. The number of anilines is 1. The van der Waals surface area contributed by atoms with E-state index in [1.165, 1.54) is 12.1 Å². The summed E-state index contributed by atoms with van der Waals surface area (Å²) in [7, 11) is 0. The molecule has 1 aliphatic heterocycles. The van der Waals surface area contributed by atoms with Crippen LogP contribution < -0.4 is 10.1 Å². The molecule has 3 aromatic rings. The van der Waals surface area contributed by atoms with Crippen LogP contribution in [0.1, 0.15) is 29.0 Å². The Morgan fingerprint density at radius 3 is 2.48 bits per heavy atom. The van der Waals surface area contributed by atoms with Crippen LogP contribution in [-0.2, 0) is 9.53 Å². The summed E-state index contributed by atoms with van der Waals surface area (Å²) in [5.74, 6) is 1.05. The summed E-state index contributed by atoms with van der Waals surface area (Å²) in [6, 6.07) is 8.25. The van der Waals surface area contributed by atoms with Gasteiger partial charge in [-0.2, -0.15) is 0 Å². The monoisotopic (exact) mass is 424 g/mol. The molecule has 0 unspecified atom stereocenters. The molecule has 6 nitrogen and oxygen atoms in total. The first-order chi connectivity index (χ1) is 14.8. The number of nitrogens with zero attached hydrogens (tertiary/aromatic N) is 1. The zero-order valence-corrected chi connectivity index (χ0v) is 18.0. The molecule has 1 amide bonds. The van der Waals surface area contributed by atoms with Crippen LogP contribution in [0.4, 0.5) is 10.1 Å². The van der Waals surface area contributed by atoms with E-state index in [0.717, 1.165) is 23.1 Å². The van der Waals surface area contributed by atoms with Gasteiger partial charge in [0.25, 0.3) is 0 Å². The second kappa shape index (κ2) is 8.51. The average Bonchev–Trinajstić information content (AvgIpc) is 3.34. The first-order valence-corrected chi connectivity index (χ1v) is 10.2. The third-order valence-electron chi connectivity index (χ3n) is 5.44. The second-order valence-electron chi connectivity index (χ2n) is 7.97. The van der Waals surface area contributed by atoms with Crippen molar-refractivity contribution in [3.05, 3.63) is 58.7 Å². The van der Waals surface area contributed by atoms with Gasteiger partial charge in [-0.3, -0.25) is 4.79 Å². The van der Waals surface area contributed by atoms with Crippen LogP contribution in [0.3, 0.4) is 0 Å². The normalized spacial score (nSPS) is 15.8. The molecule has 1 aliphatic rings. The van der Waals surface area contributed by atoms with E-state index in [0.29, 0.717) is 47.4 Å². The molecule has 2 aromatic carbocycles. The Bertz CT molecular complexity index is 1090. The predicted molar refractivity (Wildman–Crippen MR) is 115 cm³/mol. The zero-order chi connectivity index (χ0) is 22.1. The molecule has 1 aromatic heterocycles. The molecular formula is C24H25FN2O4. The molecule has 1 N–H and O–H groups in total. The van der Waals surface area contributed by atoms with Crippen molar-refractivity contribution >= 4 is 11.6 Å². The van der Waals surface area contributed by atoms with Crippen LogP contribution in [-0.4, -0.2) is 24.3 Å². The number of aromatic nitrogens is 1. The van der Waals surface area contributed by atoms with Crippen molar-refractivity contribution in [1.29, 1.82) is 0 Å². The lowest BCUT2D eigenvalue weighted by atomic mass is 10.0. The summed E-state index contributed by atoms with van der Waals surface area (Å²) in [6.45, 7) is 8.47. The number of amides is 1. The van der Waals surface area contributed by atoms with Crippen molar-refractivity contribution in [2.45, 2.75) is 34.1 Å². The Morgan fingerprint density at radius 2 is 1.87 bits per heavy atom. The zero-order valence-electron chi connectivity index (χ0n) is 18.0. The fourth-order valence-electron chi connectivity index (χ4n) is 3.95. The summed E-state index contributed by atoms with van der Waals surface area (Å²) in [6.07, 6.45) is 0.734. The third kappa shape index (κ3) is 4.46. The molecule has 1 fully saturated rings. The number of benzene rings is 2. The smallest absolute Gasteiger partial charge is 0.229 e. The van der Waals surface area contributed by atoms with Gasteiger partial charge >= 0.3 is 0 Å². The number of carbonyl (C=O) groups is 1. The molecule has 0 aliphatic carbocycles. The molecule has 4 rings (SSSR count). The molecule has 162 valence electrons. The van der Waals surface area contributed by atoms with E-state index in [1.54, 1.807) is 13.0 Å². The quantitative estimate of drug-likeness (QED) is 0.587. The Balaban J connectivity index is 1.59. The number of hydrogen-bond donors (Lipinski definition) is 1. The summed E-state index contributed by atoms with van der Waals surface area (Å²) < 4.78 is 30.9. The molecular weight excluding hydrogens is 399 g/mol. The van der Waals surface area contributed by atoms with Gasteiger partial charge in [0.15, 0.2) is 0 Å². The largest absolute Gasteiger partial charge is 0.457 e. The standard InChI is InChI=1S/C24H25FN2O4/c1-13-7-20(26-24(28)17-5-6-29-12-17)8-14(2)23(13)30-21-10-18(9-19(25)11-21)22-15(3)27-31-16(22)4/h7-11,17H,5-6,12H2,1-4H3,(H,26,28)/t17-/m0/s1. The molecule has 31 heavy (non-hydrogen) atoms. The maximum atomic E-state index is 14.4. The maximum Gasteiger partial charge on any atom is 0.229 e. The van der Waals surface area contributed by atoms with Crippen molar-refractivity contribution in [2.75, 3.05) is 18.5 Å². The fourth-order valence-corrected chi connectivity index (χ4v) is 3.95. The average molecular weight is 424 g/mol. The van der Waals surface area contributed by atoms with Gasteiger partial charge in [-0.15, -0.1) is 0 Å². The number of ether oxygens (including phenoxy) is 2. The molecule has 1 atom stereocenters. The van der Waals surface area contributed by atoms with Crippen molar-refractivity contribution in [3.63, 3.8) is 0 Å². The van der Waals surface area contributed by atoms with Gasteiger partial charge in [-0.1, -0.05) is 5.16 Å². The summed E-state index contributed by atoms with van der Waals surface area (Å²) in [4.78, 5) is 12.4. The van der Waals surface area contributed by atoms with Crippen LogP contribution >= 0.6 is 0 Å². The Kier molecular flexibility index (Phi) is 5.78. The van der Waals surface area contributed by atoms with Crippen molar-refractivity contribution in [2.24, 2.45) is 5.92 Å². The van der Waals surface area contributed by atoms with Gasteiger partial charge in [-0.25, -0.2) is 4.39 Å². The van der Waals surface area contributed by atoms with E-state index >= 15 is 0 Å². The first-order valence-electron chi connectivity index (χ1n) is 10.2. The molecule has 7 heteroatoms. The highest BCUT2D eigenvalue weighted by Gasteiger charge is 2.24. The topological polar surface area (TPSA) is 73.6 Å². The number of halogens is 1. The van der Waals surface area contributed by atoms with Crippen LogP contribution in [0.5, 0.6) is 11.5 Å². The highest BCUT2D eigenvalue weighted by atomic mass is 19.1. The third-order valence-corrected chi connectivity index (χ3v) is 5.44. The predicted octanol–water partition coefficient (Wildman–Crippen LogP) is 5.48. The number of hydrogen-bond acceptors (Lipinski definition) is 5. The van der Waals surface area contributed by atoms with Crippen molar-refractivity contribution in [1.82, 2.24) is 5.16 Å². The minimum atomic E-state index is -0.412. The number of nitrogens with one attached hydrogen (secondary N) is 1. The fraction of sp³-hybridized carbons (Fsp3) is 0.333. The molecule has 2 heterocycles. The van der Waals surface area contributed by atoms with E-state index in [9.17, 15) is 9.18 Å². The van der Waals surface area contributed by atoms with Gasteiger partial charge in [0, 0.05) is 23.9 Å². The van der Waals surface area contributed by atoms with Gasteiger partial charge in [0.2, 0.25) is 5.91 Å². The van der Waals surface area contributed by atoms with Crippen LogP contribution in [0.2, 0.25) is 0 Å². The van der Waals surface area contributed by atoms with E-state index in [-0.39, 0.29) is 11.8 Å². The van der Waals surface area contributed by atoms with Crippen LogP contribution in [0.15, 0.2) is 34.9 Å². The summed E-state index contributed by atoms with van der Waals surface area (Å²) >= 11 is 0. The van der Waals surface area contributed by atoms with Gasteiger partial charge in [-0.05, 0) is 75.1 Å². The van der Waals surface area contributed by atoms with Gasteiger partial charge in [0.05, 0.1) is 18.2 Å². The molecule has 0 bridgehead atoms. The SMILES string of the molecule is Cc1cc(NC(=O)[C@H]2CCOC2)cc(C)c1Oc1cc(F)cc(-c2c(C)noc2C)c1. The van der Waals surface area contributed by atoms with Gasteiger partial charge < -0.3 is 19.3 Å². The minimum Gasteiger partial charge on any atom is -0.457 e. The molecule has 0 spiro atoms. The number of rotatable bonds is 5. The first kappa shape index (κ1) is 21.1. The maximum absolute atomic E-state index is 14.4. The Hall–Kier alpha value is -3.19. The molecule has 0 saturated carbocycles. The number of carbonyl (C=O) groups excluding carboxylic acids is 1. The second-order valence-corrected chi connectivity index (χ2v) is 7.97. The highest BCUT2D eigenvalue weighted by molar-refractivity contribution is 5.93. The highest BCUT2D eigenvalue weighted by Crippen LogP contribution is 2.35. The van der Waals surface area contributed by atoms with Crippen LogP contribution in [0.25, 0.3) is 11.1 Å². The molecule has 1 saturated heterocycles. The van der Waals surface area contributed by atoms with Crippen LogP contribution in [0, 0.1) is 39.4 Å². The minimum absolute atomic E-state index is 0.0424. The van der Waals surface area contributed by atoms with Crippen molar-refractivity contribution in [3.8, 4) is 22.6 Å².